The van der Waals surface area contributed by atoms with E-state index in [1.54, 1.807) is 4.90 Å². The van der Waals surface area contributed by atoms with E-state index in [-0.39, 0.29) is 17.7 Å². The number of ether oxygens (including phenoxy) is 1. The number of aromatic nitrogens is 2. The summed E-state index contributed by atoms with van der Waals surface area (Å²) in [4.78, 5) is 31.4. The van der Waals surface area contributed by atoms with E-state index in [2.05, 4.69) is 14.7 Å². The number of carboxylic acid groups (broad SMARTS) is 1. The van der Waals surface area contributed by atoms with Gasteiger partial charge in [-0.25, -0.2) is 19.6 Å². The molecule has 7 nitrogen and oxygen atoms in total. The number of esters is 1. The second-order valence-electron chi connectivity index (χ2n) is 3.59. The maximum absolute atomic E-state index is 11.3. The molecule has 7 heteroatoms. The lowest BCUT2D eigenvalue weighted by Gasteiger charge is -2.39. The van der Waals surface area contributed by atoms with E-state index in [4.69, 9.17) is 5.11 Å². The molecular weight excluding hydrogens is 226 g/mol. The molecule has 1 unspecified atom stereocenters. The Morgan fingerprint density at radius 3 is 2.65 bits per heavy atom. The van der Waals surface area contributed by atoms with Gasteiger partial charge in [0.25, 0.3) is 0 Å². The number of nitrogens with zero attached hydrogens (tertiary/aromatic N) is 3. The standard InChI is InChI=1S/C10H11N3O4/c1-17-10(16)7-2-3-13(7)8-5-11-6(4-12-8)9(14)15/h4-5,7H,2-3H2,1H3,(H,14,15). The van der Waals surface area contributed by atoms with Gasteiger partial charge in [0.15, 0.2) is 5.69 Å². The fraction of sp³-hybridized carbons (Fsp3) is 0.400. The first-order valence-corrected chi connectivity index (χ1v) is 5.03. The maximum atomic E-state index is 11.3. The van der Waals surface area contributed by atoms with Crippen LogP contribution in [0.5, 0.6) is 0 Å². The molecule has 17 heavy (non-hydrogen) atoms. The average molecular weight is 237 g/mol. The van der Waals surface area contributed by atoms with Crippen LogP contribution in [0.25, 0.3) is 0 Å². The van der Waals surface area contributed by atoms with E-state index in [1.165, 1.54) is 19.5 Å². The fourth-order valence-corrected chi connectivity index (χ4v) is 1.62. The maximum Gasteiger partial charge on any atom is 0.356 e. The lowest BCUT2D eigenvalue weighted by atomic mass is 10.0. The zero-order chi connectivity index (χ0) is 12.4. The highest BCUT2D eigenvalue weighted by Gasteiger charge is 2.36. The minimum atomic E-state index is -1.13. The second kappa shape index (κ2) is 4.36. The Balaban J connectivity index is 2.13. The van der Waals surface area contributed by atoms with Crippen molar-refractivity contribution in [3.05, 3.63) is 18.1 Å². The molecule has 1 N–H and O–H groups in total. The molecule has 1 atom stereocenters. The van der Waals surface area contributed by atoms with Crippen molar-refractivity contribution in [1.82, 2.24) is 9.97 Å². The number of carboxylic acids is 1. The molecule has 0 aromatic carbocycles. The predicted molar refractivity (Wildman–Crippen MR) is 56.8 cm³/mol. The van der Waals surface area contributed by atoms with Crippen LogP contribution in [0, 0.1) is 0 Å². The van der Waals surface area contributed by atoms with E-state index >= 15 is 0 Å². The SMILES string of the molecule is COC(=O)C1CCN1c1cnc(C(=O)O)cn1. The number of hydrogen-bond acceptors (Lipinski definition) is 6. The molecule has 0 aliphatic carbocycles. The molecule has 0 spiro atoms. The molecule has 0 amide bonds. The van der Waals surface area contributed by atoms with Gasteiger partial charge in [0, 0.05) is 6.54 Å². The summed E-state index contributed by atoms with van der Waals surface area (Å²) >= 11 is 0. The summed E-state index contributed by atoms with van der Waals surface area (Å²) in [7, 11) is 1.33. The van der Waals surface area contributed by atoms with Crippen LogP contribution in [-0.4, -0.2) is 46.7 Å². The van der Waals surface area contributed by atoms with Gasteiger partial charge in [0.05, 0.1) is 19.5 Å². The first-order chi connectivity index (χ1) is 8.13. The van der Waals surface area contributed by atoms with E-state index < -0.39 is 5.97 Å². The molecule has 2 heterocycles. The van der Waals surface area contributed by atoms with Gasteiger partial charge in [0.2, 0.25) is 0 Å². The van der Waals surface area contributed by atoms with Crippen LogP contribution in [0.15, 0.2) is 12.4 Å². The van der Waals surface area contributed by atoms with Crippen LogP contribution < -0.4 is 4.90 Å². The third-order valence-corrected chi connectivity index (χ3v) is 2.64. The lowest BCUT2D eigenvalue weighted by molar-refractivity contribution is -0.143. The summed E-state index contributed by atoms with van der Waals surface area (Å²) in [5, 5.41) is 8.67. The third-order valence-electron chi connectivity index (χ3n) is 2.64. The average Bonchev–Trinajstić information content (AvgIpc) is 2.28. The summed E-state index contributed by atoms with van der Waals surface area (Å²) in [5.41, 5.74) is -0.121. The monoisotopic (exact) mass is 237 g/mol. The topological polar surface area (TPSA) is 92.6 Å². The van der Waals surface area contributed by atoms with Crippen molar-refractivity contribution in [2.45, 2.75) is 12.5 Å². The minimum absolute atomic E-state index is 0.121. The molecule has 1 fully saturated rings. The van der Waals surface area contributed by atoms with Crippen molar-refractivity contribution in [1.29, 1.82) is 0 Å². The number of anilines is 1. The van der Waals surface area contributed by atoms with Crippen molar-refractivity contribution in [2.24, 2.45) is 0 Å². The Morgan fingerprint density at radius 2 is 2.24 bits per heavy atom. The third kappa shape index (κ3) is 2.03. The van der Waals surface area contributed by atoms with Crippen LogP contribution in [0.4, 0.5) is 5.82 Å². The van der Waals surface area contributed by atoms with Gasteiger partial charge in [-0.15, -0.1) is 0 Å². The van der Waals surface area contributed by atoms with Crippen molar-refractivity contribution in [3.8, 4) is 0 Å². The van der Waals surface area contributed by atoms with Crippen molar-refractivity contribution in [3.63, 3.8) is 0 Å². The van der Waals surface area contributed by atoms with Gasteiger partial charge < -0.3 is 14.7 Å². The Hall–Kier alpha value is -2.18. The number of hydrogen-bond donors (Lipinski definition) is 1. The Kier molecular flexibility index (Phi) is 2.90. The number of methoxy groups -OCH3 is 1. The number of carbonyl (C=O) groups is 2. The van der Waals surface area contributed by atoms with Crippen LogP contribution >= 0.6 is 0 Å². The van der Waals surface area contributed by atoms with E-state index in [1.807, 2.05) is 0 Å². The van der Waals surface area contributed by atoms with Crippen molar-refractivity contribution >= 4 is 17.8 Å². The minimum Gasteiger partial charge on any atom is -0.476 e. The van der Waals surface area contributed by atoms with E-state index in [0.717, 1.165) is 0 Å². The van der Waals surface area contributed by atoms with Crippen LogP contribution in [-0.2, 0) is 9.53 Å². The smallest absolute Gasteiger partial charge is 0.356 e. The number of rotatable bonds is 3. The molecule has 90 valence electrons. The predicted octanol–water partition coefficient (Wildman–Crippen LogP) is -0.0735. The Labute approximate surface area is 97.0 Å². The molecule has 1 aliphatic rings. The molecule has 2 rings (SSSR count). The van der Waals surface area contributed by atoms with Crippen LogP contribution in [0.1, 0.15) is 16.9 Å². The van der Waals surface area contributed by atoms with Gasteiger partial charge in [-0.3, -0.25) is 0 Å². The molecule has 1 saturated heterocycles. The van der Waals surface area contributed by atoms with Crippen molar-refractivity contribution < 1.29 is 19.4 Å². The van der Waals surface area contributed by atoms with Gasteiger partial charge in [-0.1, -0.05) is 0 Å². The van der Waals surface area contributed by atoms with Gasteiger partial charge >= 0.3 is 11.9 Å². The van der Waals surface area contributed by atoms with Crippen LogP contribution in [0.2, 0.25) is 0 Å². The van der Waals surface area contributed by atoms with Crippen molar-refractivity contribution in [2.75, 3.05) is 18.6 Å². The second-order valence-corrected chi connectivity index (χ2v) is 3.59. The van der Waals surface area contributed by atoms with E-state index in [9.17, 15) is 9.59 Å². The van der Waals surface area contributed by atoms with Gasteiger partial charge in [-0.05, 0) is 6.42 Å². The molecule has 0 saturated carbocycles. The zero-order valence-corrected chi connectivity index (χ0v) is 9.16. The summed E-state index contributed by atoms with van der Waals surface area (Å²) in [6.45, 7) is 0.681. The van der Waals surface area contributed by atoms with Gasteiger partial charge in [0.1, 0.15) is 11.9 Å². The largest absolute Gasteiger partial charge is 0.476 e. The fourth-order valence-electron chi connectivity index (χ4n) is 1.62. The number of aromatic carboxylic acids is 1. The first-order valence-electron chi connectivity index (χ1n) is 5.03. The Bertz CT molecular complexity index is 445. The number of carbonyl (C=O) groups excluding carboxylic acids is 1. The van der Waals surface area contributed by atoms with E-state index in [0.29, 0.717) is 18.8 Å². The normalized spacial score (nSPS) is 18.4. The Morgan fingerprint density at radius 1 is 1.47 bits per heavy atom. The molecule has 0 bridgehead atoms. The first kappa shape index (κ1) is 11.3. The summed E-state index contributed by atoms with van der Waals surface area (Å²) in [5.74, 6) is -0.964. The molecule has 1 aromatic rings. The summed E-state index contributed by atoms with van der Waals surface area (Å²) < 4.78 is 4.64. The van der Waals surface area contributed by atoms with Gasteiger partial charge in [-0.2, -0.15) is 0 Å². The highest BCUT2D eigenvalue weighted by atomic mass is 16.5. The quantitative estimate of drug-likeness (QED) is 0.735. The zero-order valence-electron chi connectivity index (χ0n) is 9.16. The molecule has 1 aromatic heterocycles. The van der Waals surface area contributed by atoms with Crippen LogP contribution in [0.3, 0.4) is 0 Å². The molecular formula is C10H11N3O4. The summed E-state index contributed by atoms with van der Waals surface area (Å²) in [6.07, 6.45) is 3.22. The molecule has 0 radical (unpaired) electrons. The molecule has 1 aliphatic heterocycles. The summed E-state index contributed by atoms with van der Waals surface area (Å²) in [6, 6.07) is -0.343. The highest BCUT2D eigenvalue weighted by Crippen LogP contribution is 2.24. The highest BCUT2D eigenvalue weighted by molar-refractivity contribution is 5.85. The lowest BCUT2D eigenvalue weighted by Crippen LogP contribution is -2.53.